The van der Waals surface area contributed by atoms with E-state index >= 15 is 0 Å². The predicted octanol–water partition coefficient (Wildman–Crippen LogP) is 4.12. The minimum Gasteiger partial charge on any atom is -0.461 e. The van der Waals surface area contributed by atoms with Crippen LogP contribution in [0.1, 0.15) is 78.1 Å². The monoisotopic (exact) mass is 256 g/mol. The number of esters is 1. The Morgan fingerprint density at radius 2 is 1.50 bits per heavy atom. The van der Waals surface area contributed by atoms with Gasteiger partial charge >= 0.3 is 5.97 Å². The Balaban J connectivity index is 3.17. The summed E-state index contributed by atoms with van der Waals surface area (Å²) in [7, 11) is 0. The summed E-state index contributed by atoms with van der Waals surface area (Å²) in [6, 6.07) is 0. The molecular formula is C15H30NO2. The Bertz CT molecular complexity index is 195. The van der Waals surface area contributed by atoms with Crippen LogP contribution in [0.3, 0.4) is 0 Å². The zero-order valence-electron chi connectivity index (χ0n) is 12.2. The minimum absolute atomic E-state index is 0.141. The fraction of sp³-hybridized carbons (Fsp3) is 0.933. The molecule has 0 aliphatic heterocycles. The van der Waals surface area contributed by atoms with Crippen LogP contribution in [-0.2, 0) is 9.53 Å². The Kier molecular flexibility index (Phi) is 12.5. The molecule has 1 unspecified atom stereocenters. The molecule has 0 aliphatic rings. The lowest BCUT2D eigenvalue weighted by molar-refractivity contribution is -0.147. The number of hydrogen-bond donors (Lipinski definition) is 0. The van der Waals surface area contributed by atoms with Gasteiger partial charge in [0.25, 0.3) is 0 Å². The van der Waals surface area contributed by atoms with E-state index in [-0.39, 0.29) is 18.6 Å². The van der Waals surface area contributed by atoms with Crippen molar-refractivity contribution in [1.29, 1.82) is 0 Å². The topological polar surface area (TPSA) is 50.1 Å². The summed E-state index contributed by atoms with van der Waals surface area (Å²) < 4.78 is 5.05. The van der Waals surface area contributed by atoms with Crippen molar-refractivity contribution in [2.75, 3.05) is 6.54 Å². The number of rotatable bonds is 12. The van der Waals surface area contributed by atoms with E-state index in [1.165, 1.54) is 44.9 Å². The van der Waals surface area contributed by atoms with Crippen molar-refractivity contribution >= 4 is 5.97 Å². The zero-order valence-corrected chi connectivity index (χ0v) is 12.2. The van der Waals surface area contributed by atoms with Gasteiger partial charge in [0.1, 0.15) is 6.10 Å². The molecule has 0 rings (SSSR count). The maximum absolute atomic E-state index is 11.3. The predicted molar refractivity (Wildman–Crippen MR) is 75.4 cm³/mol. The van der Waals surface area contributed by atoms with Crippen molar-refractivity contribution < 1.29 is 9.53 Å². The van der Waals surface area contributed by atoms with Crippen LogP contribution in [0.4, 0.5) is 0 Å². The van der Waals surface area contributed by atoms with Crippen LogP contribution >= 0.6 is 0 Å². The van der Waals surface area contributed by atoms with Crippen LogP contribution in [0.15, 0.2) is 0 Å². The average Bonchev–Trinajstić information content (AvgIpc) is 2.36. The van der Waals surface area contributed by atoms with Gasteiger partial charge in [-0.15, -0.1) is 0 Å². The first-order chi connectivity index (χ1) is 8.70. The van der Waals surface area contributed by atoms with Gasteiger partial charge in [-0.2, -0.15) is 0 Å². The van der Waals surface area contributed by atoms with E-state index < -0.39 is 0 Å². The summed E-state index contributed by atoms with van der Waals surface area (Å²) >= 11 is 0. The highest BCUT2D eigenvalue weighted by Crippen LogP contribution is 2.10. The molecule has 0 aliphatic carbocycles. The molecule has 0 aromatic carbocycles. The molecule has 3 nitrogen and oxygen atoms in total. The van der Waals surface area contributed by atoms with E-state index in [0.29, 0.717) is 6.42 Å². The molecule has 1 N–H and O–H groups in total. The quantitative estimate of drug-likeness (QED) is 0.389. The molecule has 0 bridgehead atoms. The van der Waals surface area contributed by atoms with Crippen LogP contribution in [0.25, 0.3) is 0 Å². The molecule has 0 saturated heterocycles. The second-order valence-electron chi connectivity index (χ2n) is 5.08. The molecule has 18 heavy (non-hydrogen) atoms. The highest BCUT2D eigenvalue weighted by atomic mass is 16.5. The van der Waals surface area contributed by atoms with Gasteiger partial charge in [-0.1, -0.05) is 58.3 Å². The zero-order chi connectivity index (χ0) is 13.6. The average molecular weight is 256 g/mol. The van der Waals surface area contributed by atoms with Gasteiger partial charge in [-0.25, -0.2) is 0 Å². The lowest BCUT2D eigenvalue weighted by Crippen LogP contribution is -2.18. The van der Waals surface area contributed by atoms with Crippen LogP contribution in [0.5, 0.6) is 0 Å². The third-order valence-corrected chi connectivity index (χ3v) is 3.10. The van der Waals surface area contributed by atoms with Gasteiger partial charge in [-0.05, 0) is 13.3 Å². The first-order valence-electron chi connectivity index (χ1n) is 7.54. The molecule has 0 spiro atoms. The first kappa shape index (κ1) is 17.4. The van der Waals surface area contributed by atoms with Crippen molar-refractivity contribution in [3.63, 3.8) is 0 Å². The fourth-order valence-electron chi connectivity index (χ4n) is 1.90. The van der Waals surface area contributed by atoms with Gasteiger partial charge in [0.2, 0.25) is 0 Å². The van der Waals surface area contributed by atoms with Crippen molar-refractivity contribution in [1.82, 2.24) is 5.73 Å². The summed E-state index contributed by atoms with van der Waals surface area (Å²) in [4.78, 5) is 11.3. The third kappa shape index (κ3) is 11.9. The van der Waals surface area contributed by atoms with Crippen LogP contribution < -0.4 is 5.73 Å². The van der Waals surface area contributed by atoms with Gasteiger partial charge in [0.05, 0.1) is 0 Å². The van der Waals surface area contributed by atoms with Crippen LogP contribution in [0.2, 0.25) is 0 Å². The Hall–Kier alpha value is -0.570. The van der Waals surface area contributed by atoms with Crippen molar-refractivity contribution in [3.05, 3.63) is 0 Å². The van der Waals surface area contributed by atoms with Gasteiger partial charge in [0.15, 0.2) is 0 Å². The molecule has 1 atom stereocenters. The Morgan fingerprint density at radius 1 is 1.00 bits per heavy atom. The molecule has 3 heteroatoms. The summed E-state index contributed by atoms with van der Waals surface area (Å²) in [6.07, 6.45) is 11.6. The number of unbranched alkanes of at least 4 members (excludes halogenated alkanes) is 8. The molecule has 0 saturated carbocycles. The summed E-state index contributed by atoms with van der Waals surface area (Å²) in [6.45, 7) is 4.16. The second-order valence-corrected chi connectivity index (χ2v) is 5.08. The molecule has 0 aromatic heterocycles. The first-order valence-corrected chi connectivity index (χ1v) is 7.54. The molecule has 0 aromatic rings. The number of ether oxygens (including phenoxy) is 1. The number of nitrogens with one attached hydrogen (secondary N) is 1. The normalized spacial score (nSPS) is 12.4. The molecule has 0 amide bonds. The summed E-state index contributed by atoms with van der Waals surface area (Å²) in [5.74, 6) is -0.141. The standard InChI is InChI=1S/C15H30NO2/c1-3-4-5-6-7-8-9-10-11-12-15(17)18-14(2)13-16/h14,16H,3-13H2,1-2H3. The van der Waals surface area contributed by atoms with E-state index in [4.69, 9.17) is 10.5 Å². The number of carbonyl (C=O) groups is 1. The minimum atomic E-state index is -0.254. The fourth-order valence-corrected chi connectivity index (χ4v) is 1.90. The number of hydrogen-bond acceptors (Lipinski definition) is 2. The number of carbonyl (C=O) groups excluding carboxylic acids is 1. The van der Waals surface area contributed by atoms with E-state index in [1.807, 2.05) is 0 Å². The van der Waals surface area contributed by atoms with Crippen molar-refractivity contribution in [2.45, 2.75) is 84.2 Å². The van der Waals surface area contributed by atoms with Gasteiger partial charge < -0.3 is 4.74 Å². The maximum atomic E-state index is 11.3. The lowest BCUT2D eigenvalue weighted by Gasteiger charge is -2.09. The third-order valence-electron chi connectivity index (χ3n) is 3.10. The van der Waals surface area contributed by atoms with Crippen molar-refractivity contribution in [3.8, 4) is 0 Å². The van der Waals surface area contributed by atoms with E-state index in [9.17, 15) is 4.79 Å². The van der Waals surface area contributed by atoms with E-state index in [2.05, 4.69) is 6.92 Å². The van der Waals surface area contributed by atoms with E-state index in [1.54, 1.807) is 6.92 Å². The second kappa shape index (κ2) is 12.9. The SMILES string of the molecule is CCCCCCCCCCCC(=O)OC(C)C[NH]. The molecule has 0 fully saturated rings. The summed E-state index contributed by atoms with van der Waals surface area (Å²) in [5, 5.41) is 0. The maximum Gasteiger partial charge on any atom is 0.306 e. The highest BCUT2D eigenvalue weighted by Gasteiger charge is 2.07. The Labute approximate surface area is 112 Å². The smallest absolute Gasteiger partial charge is 0.306 e. The van der Waals surface area contributed by atoms with Crippen LogP contribution in [-0.4, -0.2) is 18.6 Å². The van der Waals surface area contributed by atoms with Crippen LogP contribution in [0, 0.1) is 0 Å². The molecular weight excluding hydrogens is 226 g/mol. The Morgan fingerprint density at radius 3 is 2.00 bits per heavy atom. The summed E-state index contributed by atoms with van der Waals surface area (Å²) in [5.41, 5.74) is 7.06. The molecule has 0 heterocycles. The van der Waals surface area contributed by atoms with Crippen molar-refractivity contribution in [2.24, 2.45) is 0 Å². The molecule has 107 valence electrons. The largest absolute Gasteiger partial charge is 0.461 e. The lowest BCUT2D eigenvalue weighted by atomic mass is 10.1. The van der Waals surface area contributed by atoms with E-state index in [0.717, 1.165) is 12.8 Å². The van der Waals surface area contributed by atoms with Gasteiger partial charge in [-0.3, -0.25) is 10.5 Å². The highest BCUT2D eigenvalue weighted by molar-refractivity contribution is 5.69. The molecule has 1 radical (unpaired) electrons. The van der Waals surface area contributed by atoms with Gasteiger partial charge in [0, 0.05) is 13.0 Å².